The molecule has 0 spiro atoms. The highest BCUT2D eigenvalue weighted by Crippen LogP contribution is 2.25. The van der Waals surface area contributed by atoms with Gasteiger partial charge in [0, 0.05) is 12.0 Å². The van der Waals surface area contributed by atoms with Gasteiger partial charge in [0.25, 0.3) is 0 Å². The average Bonchev–Trinajstić information content (AvgIpc) is 2.59. The number of hydrogen-bond acceptors (Lipinski definition) is 3. The molecule has 3 nitrogen and oxygen atoms in total. The maximum absolute atomic E-state index is 10.5. The van der Waals surface area contributed by atoms with E-state index in [2.05, 4.69) is 5.16 Å². The Morgan fingerprint density at radius 3 is 2.47 bits per heavy atom. The zero-order valence-corrected chi connectivity index (χ0v) is 8.86. The molecule has 1 aliphatic heterocycles. The first-order valence-corrected chi connectivity index (χ1v) is 4.91. The van der Waals surface area contributed by atoms with Crippen molar-refractivity contribution in [1.29, 1.82) is 0 Å². The number of rotatable bonds is 2. The van der Waals surface area contributed by atoms with Crippen molar-refractivity contribution >= 4 is 12.0 Å². The highest BCUT2D eigenvalue weighted by atomic mass is 16.7. The second kappa shape index (κ2) is 3.50. The third-order valence-electron chi connectivity index (χ3n) is 2.38. The van der Waals surface area contributed by atoms with E-state index >= 15 is 0 Å². The van der Waals surface area contributed by atoms with E-state index in [4.69, 9.17) is 4.84 Å². The lowest BCUT2D eigenvalue weighted by molar-refractivity contribution is 0.0123. The number of carbonyl (C=O) groups is 1. The van der Waals surface area contributed by atoms with Crippen LogP contribution in [0.3, 0.4) is 0 Å². The molecule has 0 radical (unpaired) electrons. The van der Waals surface area contributed by atoms with E-state index in [1.165, 1.54) is 0 Å². The van der Waals surface area contributed by atoms with Crippen molar-refractivity contribution < 1.29 is 9.63 Å². The van der Waals surface area contributed by atoms with Gasteiger partial charge < -0.3 is 4.84 Å². The van der Waals surface area contributed by atoms with Crippen LogP contribution in [0.5, 0.6) is 0 Å². The largest absolute Gasteiger partial charge is 0.389 e. The Bertz CT molecular complexity index is 404. The number of nitrogens with zero attached hydrogens (tertiary/aromatic N) is 1. The summed E-state index contributed by atoms with van der Waals surface area (Å²) < 4.78 is 0. The molecule has 1 aliphatic rings. The van der Waals surface area contributed by atoms with Gasteiger partial charge in [0.05, 0.1) is 5.71 Å². The van der Waals surface area contributed by atoms with E-state index in [1.54, 1.807) is 12.1 Å². The second-order valence-electron chi connectivity index (χ2n) is 4.31. The fraction of sp³-hybridized carbons (Fsp3) is 0.333. The molecule has 0 saturated heterocycles. The summed E-state index contributed by atoms with van der Waals surface area (Å²) in [6.07, 6.45) is 1.63. The van der Waals surface area contributed by atoms with E-state index in [-0.39, 0.29) is 5.60 Å². The lowest BCUT2D eigenvalue weighted by Gasteiger charge is -2.13. The topological polar surface area (TPSA) is 38.7 Å². The minimum atomic E-state index is -0.210. The van der Waals surface area contributed by atoms with Gasteiger partial charge in [-0.1, -0.05) is 29.4 Å². The summed E-state index contributed by atoms with van der Waals surface area (Å²) in [7, 11) is 0. The normalized spacial score (nSPS) is 18.1. The van der Waals surface area contributed by atoms with E-state index < -0.39 is 0 Å². The first kappa shape index (κ1) is 9.90. The average molecular weight is 203 g/mol. The van der Waals surface area contributed by atoms with Crippen LogP contribution in [0.2, 0.25) is 0 Å². The van der Waals surface area contributed by atoms with Crippen molar-refractivity contribution in [2.45, 2.75) is 25.9 Å². The maximum Gasteiger partial charge on any atom is 0.150 e. The fourth-order valence-electron chi connectivity index (χ4n) is 1.56. The molecule has 0 fully saturated rings. The van der Waals surface area contributed by atoms with Crippen LogP contribution in [-0.2, 0) is 4.84 Å². The zero-order valence-electron chi connectivity index (χ0n) is 8.86. The number of oxime groups is 1. The quantitative estimate of drug-likeness (QED) is 0.692. The van der Waals surface area contributed by atoms with Gasteiger partial charge in [-0.2, -0.15) is 0 Å². The monoisotopic (exact) mass is 203 g/mol. The molecule has 0 unspecified atom stereocenters. The smallest absolute Gasteiger partial charge is 0.150 e. The predicted octanol–water partition coefficient (Wildman–Crippen LogP) is 2.40. The highest BCUT2D eigenvalue weighted by molar-refractivity contribution is 6.01. The number of hydrogen-bond donors (Lipinski definition) is 0. The molecule has 0 aromatic heterocycles. The molecular formula is C12H13NO2. The van der Waals surface area contributed by atoms with E-state index in [0.29, 0.717) is 5.56 Å². The first-order valence-electron chi connectivity index (χ1n) is 4.91. The van der Waals surface area contributed by atoms with Gasteiger partial charge in [0.2, 0.25) is 0 Å². The Balaban J connectivity index is 2.21. The summed E-state index contributed by atoms with van der Waals surface area (Å²) in [5.74, 6) is 0. The minimum Gasteiger partial charge on any atom is -0.389 e. The van der Waals surface area contributed by atoms with Gasteiger partial charge in [-0.05, 0) is 19.4 Å². The Labute approximate surface area is 88.7 Å². The lowest BCUT2D eigenvalue weighted by atomic mass is 9.97. The second-order valence-corrected chi connectivity index (χ2v) is 4.31. The Hall–Kier alpha value is -1.64. The molecule has 2 rings (SSSR count). The summed E-state index contributed by atoms with van der Waals surface area (Å²) >= 11 is 0. The van der Waals surface area contributed by atoms with Gasteiger partial charge in [0.15, 0.2) is 0 Å². The molecule has 0 aliphatic carbocycles. The molecule has 15 heavy (non-hydrogen) atoms. The van der Waals surface area contributed by atoms with Gasteiger partial charge in [0.1, 0.15) is 11.9 Å². The van der Waals surface area contributed by atoms with Crippen molar-refractivity contribution in [3.63, 3.8) is 0 Å². The van der Waals surface area contributed by atoms with Crippen LogP contribution in [0, 0.1) is 0 Å². The minimum absolute atomic E-state index is 0.210. The molecule has 0 N–H and O–H groups in total. The van der Waals surface area contributed by atoms with Crippen LogP contribution in [0.25, 0.3) is 0 Å². The standard InChI is InChI=1S/C12H13NO2/c1-12(2)7-11(13-15-12)10-5-3-9(8-14)4-6-10/h3-6,8H,7H2,1-2H3. The molecule has 0 saturated carbocycles. The predicted molar refractivity (Wildman–Crippen MR) is 58.1 cm³/mol. The zero-order chi connectivity index (χ0) is 10.9. The van der Waals surface area contributed by atoms with Gasteiger partial charge in [-0.3, -0.25) is 4.79 Å². The molecule has 78 valence electrons. The molecule has 1 heterocycles. The first-order chi connectivity index (χ1) is 7.11. The maximum atomic E-state index is 10.5. The SMILES string of the molecule is CC1(C)CC(c2ccc(C=O)cc2)=NO1. The van der Waals surface area contributed by atoms with E-state index in [9.17, 15) is 4.79 Å². The van der Waals surface area contributed by atoms with Crippen LogP contribution in [0.15, 0.2) is 29.4 Å². The van der Waals surface area contributed by atoms with Crippen molar-refractivity contribution in [3.8, 4) is 0 Å². The van der Waals surface area contributed by atoms with Crippen LogP contribution < -0.4 is 0 Å². The molecule has 0 atom stereocenters. The van der Waals surface area contributed by atoms with E-state index in [1.807, 2.05) is 26.0 Å². The molecule has 3 heteroatoms. The van der Waals surface area contributed by atoms with Crippen LogP contribution in [0.4, 0.5) is 0 Å². The summed E-state index contributed by atoms with van der Waals surface area (Å²) in [5, 5.41) is 4.04. The molecule has 0 amide bonds. The Kier molecular flexibility index (Phi) is 2.31. The molecule has 1 aromatic rings. The fourth-order valence-corrected chi connectivity index (χ4v) is 1.56. The summed E-state index contributed by atoms with van der Waals surface area (Å²) in [4.78, 5) is 15.8. The van der Waals surface area contributed by atoms with Gasteiger partial charge in [-0.25, -0.2) is 0 Å². The Morgan fingerprint density at radius 1 is 1.33 bits per heavy atom. The third kappa shape index (κ3) is 2.06. The molecule has 0 bridgehead atoms. The summed E-state index contributed by atoms with van der Waals surface area (Å²) in [6, 6.07) is 7.37. The molecular weight excluding hydrogens is 190 g/mol. The van der Waals surface area contributed by atoms with Crippen molar-refractivity contribution in [2.75, 3.05) is 0 Å². The lowest BCUT2D eigenvalue weighted by Crippen LogP contribution is -2.19. The van der Waals surface area contributed by atoms with Crippen LogP contribution >= 0.6 is 0 Å². The van der Waals surface area contributed by atoms with Crippen molar-refractivity contribution in [2.24, 2.45) is 5.16 Å². The number of carbonyl (C=O) groups excluding carboxylic acids is 1. The summed E-state index contributed by atoms with van der Waals surface area (Å²) in [6.45, 7) is 4.01. The third-order valence-corrected chi connectivity index (χ3v) is 2.38. The van der Waals surface area contributed by atoms with Crippen LogP contribution in [0.1, 0.15) is 36.2 Å². The van der Waals surface area contributed by atoms with Gasteiger partial charge >= 0.3 is 0 Å². The summed E-state index contributed by atoms with van der Waals surface area (Å²) in [5.41, 5.74) is 2.43. The molecule has 1 aromatic carbocycles. The highest BCUT2D eigenvalue weighted by Gasteiger charge is 2.29. The van der Waals surface area contributed by atoms with Crippen molar-refractivity contribution in [1.82, 2.24) is 0 Å². The van der Waals surface area contributed by atoms with Crippen molar-refractivity contribution in [3.05, 3.63) is 35.4 Å². The van der Waals surface area contributed by atoms with E-state index in [0.717, 1.165) is 24.0 Å². The number of aldehydes is 1. The Morgan fingerprint density at radius 2 is 2.00 bits per heavy atom. The van der Waals surface area contributed by atoms with Gasteiger partial charge in [-0.15, -0.1) is 0 Å². The number of benzene rings is 1. The van der Waals surface area contributed by atoms with Crippen LogP contribution in [-0.4, -0.2) is 17.6 Å².